The van der Waals surface area contributed by atoms with Crippen LogP contribution in [0.15, 0.2) is 34.5 Å². The summed E-state index contributed by atoms with van der Waals surface area (Å²) in [6, 6.07) is 5.03. The largest absolute Gasteiger partial charge is 0.490 e. The van der Waals surface area contributed by atoms with Gasteiger partial charge in [0, 0.05) is 12.1 Å². The van der Waals surface area contributed by atoms with E-state index in [1.807, 2.05) is 4.72 Å². The zero-order valence-electron chi connectivity index (χ0n) is 12.4. The number of rotatable bonds is 7. The van der Waals surface area contributed by atoms with E-state index in [9.17, 15) is 17.6 Å². The molecule has 0 saturated heterocycles. The van der Waals surface area contributed by atoms with E-state index in [4.69, 9.17) is 21.1 Å². The molecule has 0 atom stereocenters. The van der Waals surface area contributed by atoms with Gasteiger partial charge in [0.2, 0.25) is 0 Å². The Kier molecular flexibility index (Phi) is 6.16. The number of nitrogens with one attached hydrogen (secondary N) is 1. The second-order valence-corrected chi connectivity index (χ2v) is 7.47. The number of sulfonamides is 1. The van der Waals surface area contributed by atoms with Crippen LogP contribution in [0.2, 0.25) is 5.02 Å². The summed E-state index contributed by atoms with van der Waals surface area (Å²) in [4.78, 5) is 11.3. The molecule has 24 heavy (non-hydrogen) atoms. The summed E-state index contributed by atoms with van der Waals surface area (Å²) in [5, 5.41) is 1.49. The molecule has 6 nitrogen and oxygen atoms in total. The van der Waals surface area contributed by atoms with Crippen LogP contribution in [0, 0.1) is 5.82 Å². The van der Waals surface area contributed by atoms with Gasteiger partial charge >= 0.3 is 0 Å². The monoisotopic (exact) mass is 393 g/mol. The number of amides is 1. The van der Waals surface area contributed by atoms with Gasteiger partial charge < -0.3 is 9.47 Å². The molecule has 0 radical (unpaired) electrons. The summed E-state index contributed by atoms with van der Waals surface area (Å²) < 4.78 is 50.3. The van der Waals surface area contributed by atoms with Crippen molar-refractivity contribution in [3.8, 4) is 5.75 Å². The van der Waals surface area contributed by atoms with Gasteiger partial charge in [-0.2, -0.15) is 0 Å². The summed E-state index contributed by atoms with van der Waals surface area (Å²) in [5.74, 6) is -1.86. The van der Waals surface area contributed by atoms with Crippen molar-refractivity contribution in [2.75, 3.05) is 20.3 Å². The second kappa shape index (κ2) is 7.93. The highest BCUT2D eigenvalue weighted by molar-refractivity contribution is 7.90. The van der Waals surface area contributed by atoms with E-state index in [1.165, 1.54) is 24.6 Å². The number of ether oxygens (including phenoxy) is 2. The molecular weight excluding hydrogens is 381 g/mol. The summed E-state index contributed by atoms with van der Waals surface area (Å²) in [6.45, 7) is 0.350. The second-order valence-electron chi connectivity index (χ2n) is 4.46. The Labute approximate surface area is 147 Å². The number of halogens is 2. The van der Waals surface area contributed by atoms with Crippen LogP contribution in [0.25, 0.3) is 0 Å². The summed E-state index contributed by atoms with van der Waals surface area (Å²) in [7, 11) is -2.83. The van der Waals surface area contributed by atoms with E-state index in [2.05, 4.69) is 0 Å². The minimum Gasteiger partial charge on any atom is -0.490 e. The maximum Gasteiger partial charge on any atom is 0.278 e. The van der Waals surface area contributed by atoms with Crippen molar-refractivity contribution in [2.24, 2.45) is 0 Å². The van der Waals surface area contributed by atoms with Crippen LogP contribution < -0.4 is 9.46 Å². The van der Waals surface area contributed by atoms with Crippen molar-refractivity contribution < 1.29 is 27.1 Å². The molecule has 0 aliphatic rings. The molecule has 0 aliphatic carbocycles. The molecule has 1 heterocycles. The molecule has 1 N–H and O–H groups in total. The molecule has 1 aromatic heterocycles. The molecular formula is C14H13ClFNO5S2. The van der Waals surface area contributed by atoms with Crippen LogP contribution >= 0.6 is 22.9 Å². The van der Waals surface area contributed by atoms with E-state index in [0.717, 1.165) is 23.5 Å². The molecule has 2 rings (SSSR count). The number of carbonyl (C=O) groups excluding carboxylic acids is 1. The molecule has 0 spiro atoms. The van der Waals surface area contributed by atoms with Crippen molar-refractivity contribution >= 4 is 38.9 Å². The minimum atomic E-state index is -4.30. The Morgan fingerprint density at radius 1 is 1.33 bits per heavy atom. The lowest BCUT2D eigenvalue weighted by Gasteiger charge is -2.12. The van der Waals surface area contributed by atoms with Crippen molar-refractivity contribution in [3.63, 3.8) is 0 Å². The number of carbonyl (C=O) groups is 1. The van der Waals surface area contributed by atoms with Crippen LogP contribution in [0.1, 0.15) is 9.67 Å². The predicted molar refractivity (Wildman–Crippen MR) is 87.8 cm³/mol. The standard InChI is InChI=1S/C14H13ClFNO5S2/c1-21-5-6-22-11-3-2-9(15)8-12(11)24(19,20)17-14(18)13-10(16)4-7-23-13/h2-4,7-8H,5-6H2,1H3,(H,17,18). The van der Waals surface area contributed by atoms with Gasteiger partial charge in [-0.3, -0.25) is 4.79 Å². The number of benzene rings is 1. The third-order valence-electron chi connectivity index (χ3n) is 2.79. The lowest BCUT2D eigenvalue weighted by atomic mass is 10.3. The Bertz CT molecular complexity index is 837. The summed E-state index contributed by atoms with van der Waals surface area (Å²) in [6.07, 6.45) is 0. The first-order valence-corrected chi connectivity index (χ1v) is 9.30. The van der Waals surface area contributed by atoms with E-state index in [-0.39, 0.29) is 33.8 Å². The molecule has 0 saturated carbocycles. The molecule has 1 amide bonds. The highest BCUT2D eigenvalue weighted by Gasteiger charge is 2.25. The third kappa shape index (κ3) is 4.44. The maximum absolute atomic E-state index is 13.4. The van der Waals surface area contributed by atoms with Crippen LogP contribution in [0.4, 0.5) is 4.39 Å². The molecule has 0 aliphatic heterocycles. The third-order valence-corrected chi connectivity index (χ3v) is 5.27. The smallest absolute Gasteiger partial charge is 0.278 e. The topological polar surface area (TPSA) is 81.7 Å². The van der Waals surface area contributed by atoms with E-state index in [0.29, 0.717) is 0 Å². The SMILES string of the molecule is COCCOc1ccc(Cl)cc1S(=O)(=O)NC(=O)c1sccc1F. The molecule has 130 valence electrons. The lowest BCUT2D eigenvalue weighted by molar-refractivity contribution is 0.0982. The fraction of sp³-hybridized carbons (Fsp3) is 0.214. The van der Waals surface area contributed by atoms with Gasteiger partial charge in [0.1, 0.15) is 27.9 Å². The van der Waals surface area contributed by atoms with Crippen molar-refractivity contribution in [1.29, 1.82) is 0 Å². The number of hydrogen-bond acceptors (Lipinski definition) is 6. The first-order chi connectivity index (χ1) is 11.3. The van der Waals surface area contributed by atoms with E-state index >= 15 is 0 Å². The summed E-state index contributed by atoms with van der Waals surface area (Å²) >= 11 is 6.62. The normalized spacial score (nSPS) is 11.3. The van der Waals surface area contributed by atoms with Gasteiger partial charge in [0.25, 0.3) is 15.9 Å². The first-order valence-electron chi connectivity index (χ1n) is 6.56. The fourth-order valence-corrected chi connectivity index (χ4v) is 3.82. The quantitative estimate of drug-likeness (QED) is 0.731. The Hall–Kier alpha value is -1.68. The number of methoxy groups -OCH3 is 1. The van der Waals surface area contributed by atoms with E-state index in [1.54, 1.807) is 0 Å². The van der Waals surface area contributed by atoms with Crippen LogP contribution in [-0.2, 0) is 14.8 Å². The maximum atomic E-state index is 13.4. The molecule has 0 fully saturated rings. The van der Waals surface area contributed by atoms with Gasteiger partial charge in [-0.25, -0.2) is 17.5 Å². The minimum absolute atomic E-state index is 0.00315. The Morgan fingerprint density at radius 2 is 2.08 bits per heavy atom. The van der Waals surface area contributed by atoms with Gasteiger partial charge in [-0.1, -0.05) is 11.6 Å². The van der Waals surface area contributed by atoms with Gasteiger partial charge in [-0.05, 0) is 29.6 Å². The molecule has 10 heteroatoms. The molecule has 0 bridgehead atoms. The van der Waals surface area contributed by atoms with E-state index < -0.39 is 21.7 Å². The van der Waals surface area contributed by atoms with Crippen molar-refractivity contribution in [1.82, 2.24) is 4.72 Å². The average molecular weight is 394 g/mol. The van der Waals surface area contributed by atoms with Gasteiger partial charge in [0.05, 0.1) is 6.61 Å². The van der Waals surface area contributed by atoms with Gasteiger partial charge in [0.15, 0.2) is 0 Å². The highest BCUT2D eigenvalue weighted by atomic mass is 35.5. The number of hydrogen-bond donors (Lipinski definition) is 1. The molecule has 2 aromatic rings. The summed E-state index contributed by atoms with van der Waals surface area (Å²) in [5.41, 5.74) is 0. The lowest BCUT2D eigenvalue weighted by Crippen LogP contribution is -2.31. The predicted octanol–water partition coefficient (Wildman–Crippen LogP) is 2.68. The van der Waals surface area contributed by atoms with Crippen LogP contribution in [-0.4, -0.2) is 34.6 Å². The molecule has 0 unspecified atom stereocenters. The number of thiophene rings is 1. The highest BCUT2D eigenvalue weighted by Crippen LogP contribution is 2.27. The zero-order valence-corrected chi connectivity index (χ0v) is 14.8. The van der Waals surface area contributed by atoms with Crippen molar-refractivity contribution in [2.45, 2.75) is 4.90 Å². The van der Waals surface area contributed by atoms with Gasteiger partial charge in [-0.15, -0.1) is 11.3 Å². The Morgan fingerprint density at radius 3 is 2.71 bits per heavy atom. The van der Waals surface area contributed by atoms with Crippen molar-refractivity contribution in [3.05, 3.63) is 45.4 Å². The van der Waals surface area contributed by atoms with Crippen LogP contribution in [0.3, 0.4) is 0 Å². The molecule has 1 aromatic carbocycles. The fourth-order valence-electron chi connectivity index (χ4n) is 1.73. The Balaban J connectivity index is 2.29. The van der Waals surface area contributed by atoms with Crippen LogP contribution in [0.5, 0.6) is 5.75 Å². The zero-order chi connectivity index (χ0) is 17.7. The average Bonchev–Trinajstić information content (AvgIpc) is 2.94. The first kappa shape index (κ1) is 18.7.